The molecule has 1 N–H and O–H groups in total. The number of aromatic nitrogens is 2. The molecule has 1 saturated carbocycles. The molecule has 0 radical (unpaired) electrons. The van der Waals surface area contributed by atoms with E-state index in [0.717, 1.165) is 110 Å². The average Bonchev–Trinajstić information content (AvgIpc) is 3.44. The summed E-state index contributed by atoms with van der Waals surface area (Å²) in [7, 11) is 5.12. The zero-order valence-electron chi connectivity index (χ0n) is 33.1. The zero-order valence-corrected chi connectivity index (χ0v) is 33.1. The van der Waals surface area contributed by atoms with E-state index in [-0.39, 0.29) is 41.0 Å². The molecule has 58 heavy (non-hydrogen) atoms. The monoisotopic (exact) mass is 788 g/mol. The molecule has 1 aliphatic carbocycles. The van der Waals surface area contributed by atoms with E-state index in [0.29, 0.717) is 17.1 Å². The molecule has 4 aromatic rings. The number of pyridine rings is 2. The molecule has 4 fully saturated rings. The van der Waals surface area contributed by atoms with Gasteiger partial charge in [0.1, 0.15) is 23.3 Å². The number of likely N-dealkylation sites (tertiary alicyclic amines) is 2. The number of imide groups is 2. The van der Waals surface area contributed by atoms with Crippen molar-refractivity contribution in [3.8, 4) is 28.4 Å². The van der Waals surface area contributed by atoms with E-state index in [9.17, 15) is 24.0 Å². The number of aryl methyl sites for hydroxylation is 1. The van der Waals surface area contributed by atoms with Crippen LogP contribution >= 0.6 is 0 Å². The summed E-state index contributed by atoms with van der Waals surface area (Å²) < 4.78 is 19.7. The van der Waals surface area contributed by atoms with Crippen LogP contribution in [0, 0.1) is 11.3 Å². The number of nitrogens with one attached hydrogen (secondary N) is 1. The summed E-state index contributed by atoms with van der Waals surface area (Å²) in [6.07, 6.45) is 10.8. The Labute approximate surface area is 336 Å². The Morgan fingerprint density at radius 1 is 0.862 bits per heavy atom. The van der Waals surface area contributed by atoms with E-state index in [1.807, 2.05) is 24.4 Å². The number of ether oxygens (including phenoxy) is 3. The average molecular weight is 789 g/mol. The maximum Gasteiger partial charge on any atom is 0.262 e. The lowest BCUT2D eigenvalue weighted by Crippen LogP contribution is -2.54. The lowest BCUT2D eigenvalue weighted by molar-refractivity contribution is -0.136. The highest BCUT2D eigenvalue weighted by atomic mass is 16.5. The Kier molecular flexibility index (Phi) is 9.79. The largest absolute Gasteiger partial charge is 0.496 e. The molecule has 2 aromatic carbocycles. The number of amides is 4. The molecule has 14 heteroatoms. The van der Waals surface area contributed by atoms with Gasteiger partial charge < -0.3 is 23.7 Å². The third-order valence-electron chi connectivity index (χ3n) is 13.1. The van der Waals surface area contributed by atoms with Crippen molar-refractivity contribution in [1.82, 2.24) is 29.6 Å². The highest BCUT2D eigenvalue weighted by molar-refractivity contribution is 6.23. The lowest BCUT2D eigenvalue weighted by atomic mass is 9.61. The van der Waals surface area contributed by atoms with Gasteiger partial charge in [0.25, 0.3) is 17.4 Å². The first kappa shape index (κ1) is 37.9. The van der Waals surface area contributed by atoms with Gasteiger partial charge in [-0.3, -0.25) is 44.1 Å². The molecule has 1 spiro atoms. The molecule has 9 rings (SSSR count). The highest BCUT2D eigenvalue weighted by Gasteiger charge is 2.48. The van der Waals surface area contributed by atoms with E-state index in [1.54, 1.807) is 56.4 Å². The zero-order chi connectivity index (χ0) is 40.3. The molecule has 5 aliphatic rings. The predicted molar refractivity (Wildman–Crippen MR) is 214 cm³/mol. The van der Waals surface area contributed by atoms with Gasteiger partial charge in [0.2, 0.25) is 11.8 Å². The van der Waals surface area contributed by atoms with Crippen LogP contribution in [-0.2, 0) is 23.2 Å². The fourth-order valence-corrected chi connectivity index (χ4v) is 9.78. The molecule has 4 amide bonds. The van der Waals surface area contributed by atoms with E-state index in [2.05, 4.69) is 20.1 Å². The van der Waals surface area contributed by atoms with Gasteiger partial charge >= 0.3 is 0 Å². The van der Waals surface area contributed by atoms with Crippen LogP contribution in [-0.4, -0.2) is 107 Å². The second-order valence-corrected chi connectivity index (χ2v) is 16.7. The number of nitrogens with zero attached hydrogens (tertiary/aromatic N) is 5. The number of hydrogen-bond acceptors (Lipinski definition) is 11. The number of hydrogen-bond donors (Lipinski definition) is 1. The standard InChI is InChI=1S/C44H48N6O8/c1-47-24-34(30-8-12-45-21-33(30)41(47)53)27-16-37(56-2)35(38(17-27)57-3)25-49-22-26(23-49)9-13-48-14-10-44(11-15-48)19-29(20-44)58-28-4-5-31-32(18-28)43(55)50(42(31)54)36-6-7-39(51)46-40(36)52/h4-5,8,12,16-18,21,24,26,29,36H,6-7,9-11,13-15,19-20,22-23,25H2,1-3H3,(H,46,51,52). The van der Waals surface area contributed by atoms with Crippen LogP contribution in [0.2, 0.25) is 0 Å². The second kappa shape index (κ2) is 15.0. The summed E-state index contributed by atoms with van der Waals surface area (Å²) in [5.41, 5.74) is 3.54. The predicted octanol–water partition coefficient (Wildman–Crippen LogP) is 4.16. The first-order valence-corrected chi connectivity index (χ1v) is 20.2. The smallest absolute Gasteiger partial charge is 0.262 e. The van der Waals surface area contributed by atoms with Crippen molar-refractivity contribution < 1.29 is 33.4 Å². The van der Waals surface area contributed by atoms with Crippen LogP contribution in [0.4, 0.5) is 0 Å². The molecule has 1 unspecified atom stereocenters. The number of carbonyl (C=O) groups is 4. The molecular formula is C44H48N6O8. The molecule has 6 heterocycles. The lowest BCUT2D eigenvalue weighted by Gasteiger charge is -2.52. The van der Waals surface area contributed by atoms with Crippen molar-refractivity contribution in [2.24, 2.45) is 18.4 Å². The number of piperidine rings is 2. The first-order valence-electron chi connectivity index (χ1n) is 20.2. The molecule has 1 atom stereocenters. The number of methoxy groups -OCH3 is 2. The fraction of sp³-hybridized carbons (Fsp3) is 0.455. The van der Waals surface area contributed by atoms with E-state index in [1.165, 1.54) is 0 Å². The molecule has 3 saturated heterocycles. The van der Waals surface area contributed by atoms with Crippen LogP contribution < -0.4 is 25.1 Å². The van der Waals surface area contributed by atoms with Crippen LogP contribution in [0.3, 0.4) is 0 Å². The van der Waals surface area contributed by atoms with Gasteiger partial charge in [-0.25, -0.2) is 0 Å². The van der Waals surface area contributed by atoms with Crippen molar-refractivity contribution in [3.05, 3.63) is 82.0 Å². The Morgan fingerprint density at radius 3 is 2.29 bits per heavy atom. The minimum absolute atomic E-state index is 0.0587. The summed E-state index contributed by atoms with van der Waals surface area (Å²) in [5.74, 6) is 0.670. The molecule has 4 aliphatic heterocycles. The number of benzene rings is 2. The Morgan fingerprint density at radius 2 is 1.59 bits per heavy atom. The minimum Gasteiger partial charge on any atom is -0.496 e. The second-order valence-electron chi connectivity index (χ2n) is 16.7. The van der Waals surface area contributed by atoms with Gasteiger partial charge in [0.05, 0.1) is 42.4 Å². The van der Waals surface area contributed by atoms with Crippen molar-refractivity contribution in [2.45, 2.75) is 63.6 Å². The third-order valence-corrected chi connectivity index (χ3v) is 13.1. The van der Waals surface area contributed by atoms with Crippen LogP contribution in [0.1, 0.15) is 71.2 Å². The van der Waals surface area contributed by atoms with E-state index >= 15 is 0 Å². The van der Waals surface area contributed by atoms with Crippen LogP contribution in [0.5, 0.6) is 17.2 Å². The van der Waals surface area contributed by atoms with Crippen molar-refractivity contribution in [2.75, 3.05) is 46.9 Å². The van der Waals surface area contributed by atoms with Crippen molar-refractivity contribution in [1.29, 1.82) is 0 Å². The molecular weight excluding hydrogens is 741 g/mol. The van der Waals surface area contributed by atoms with Gasteiger partial charge in [-0.15, -0.1) is 0 Å². The van der Waals surface area contributed by atoms with Gasteiger partial charge in [-0.1, -0.05) is 0 Å². The Hall–Kier alpha value is -5.60. The Balaban J connectivity index is 0.736. The van der Waals surface area contributed by atoms with Crippen molar-refractivity contribution >= 4 is 34.4 Å². The van der Waals surface area contributed by atoms with Crippen LogP contribution in [0.15, 0.2) is 59.8 Å². The quantitative estimate of drug-likeness (QED) is 0.218. The van der Waals surface area contributed by atoms with Gasteiger partial charge in [0, 0.05) is 57.3 Å². The summed E-state index contributed by atoms with van der Waals surface area (Å²) in [6.45, 7) is 6.04. The summed E-state index contributed by atoms with van der Waals surface area (Å²) in [5, 5.41) is 3.64. The highest BCUT2D eigenvalue weighted by Crippen LogP contribution is 2.50. The third kappa shape index (κ3) is 6.81. The minimum atomic E-state index is -0.985. The van der Waals surface area contributed by atoms with Gasteiger partial charge in [0.15, 0.2) is 0 Å². The molecule has 2 aromatic heterocycles. The topological polar surface area (TPSA) is 153 Å². The van der Waals surface area contributed by atoms with Gasteiger partial charge in [-0.05, 0) is 117 Å². The Bertz CT molecular complexity index is 2360. The first-order chi connectivity index (χ1) is 28.0. The number of fused-ring (bicyclic) bond motifs is 2. The SMILES string of the molecule is COc1cc(-c2cn(C)c(=O)c3cnccc23)cc(OC)c1CN1CC(CCN2CCC3(CC2)CC(Oc2ccc4c(c2)C(=O)N(C2CCC(=O)NC2=O)C4=O)C3)C1. The summed E-state index contributed by atoms with van der Waals surface area (Å²) in [4.78, 5) is 73.3. The number of carbonyl (C=O) groups excluding carboxylic acids is 4. The van der Waals surface area contributed by atoms with E-state index < -0.39 is 29.7 Å². The van der Waals surface area contributed by atoms with Gasteiger partial charge in [-0.2, -0.15) is 0 Å². The summed E-state index contributed by atoms with van der Waals surface area (Å²) >= 11 is 0. The maximum atomic E-state index is 13.2. The van der Waals surface area contributed by atoms with Crippen LogP contribution in [0.25, 0.3) is 21.9 Å². The van der Waals surface area contributed by atoms with E-state index in [4.69, 9.17) is 14.2 Å². The molecule has 14 nitrogen and oxygen atoms in total. The normalized spacial score (nSPS) is 21.2. The summed E-state index contributed by atoms with van der Waals surface area (Å²) in [6, 6.07) is 9.91. The molecule has 0 bridgehead atoms. The maximum absolute atomic E-state index is 13.2. The van der Waals surface area contributed by atoms with Crippen molar-refractivity contribution in [3.63, 3.8) is 0 Å². The molecule has 302 valence electrons. The number of rotatable bonds is 11. The fourth-order valence-electron chi connectivity index (χ4n) is 9.78.